The maximum absolute atomic E-state index is 11.1. The largest absolute Gasteiger partial charge is 0.369 e. The van der Waals surface area contributed by atoms with Gasteiger partial charge >= 0.3 is 0 Å². The third-order valence-electron chi connectivity index (χ3n) is 1.88. The predicted octanol–water partition coefficient (Wildman–Crippen LogP) is 0.351. The molecule has 0 spiro atoms. The fourth-order valence-corrected chi connectivity index (χ4v) is 1.63. The lowest BCUT2D eigenvalue weighted by Crippen LogP contribution is -2.26. The van der Waals surface area contributed by atoms with Crippen molar-refractivity contribution >= 4 is 15.8 Å². The van der Waals surface area contributed by atoms with Gasteiger partial charge < -0.3 is 5.32 Å². The Bertz CT molecular complexity index is 417. The molecule has 0 aromatic carbocycles. The minimum Gasteiger partial charge on any atom is -0.369 e. The third-order valence-corrected chi connectivity index (χ3v) is 3.24. The summed E-state index contributed by atoms with van der Waals surface area (Å²) < 4.78 is 24.4. The Kier molecular flexibility index (Phi) is 4.05. The first-order valence-electron chi connectivity index (χ1n) is 4.62. The molecular formula is C9H15N3O2S. The van der Waals surface area contributed by atoms with Gasteiger partial charge in [-0.1, -0.05) is 6.07 Å². The van der Waals surface area contributed by atoms with Gasteiger partial charge in [-0.3, -0.25) is 0 Å². The van der Waals surface area contributed by atoms with Crippen molar-refractivity contribution in [3.05, 3.63) is 23.9 Å². The molecule has 0 saturated heterocycles. The standard InChI is InChI=1S/C9H15N3O2S/c1-8-4-3-5-9(12-8)11-6-7-15(13,14)10-2/h3-5,10H,6-7H2,1-2H3,(H,11,12). The lowest BCUT2D eigenvalue weighted by molar-refractivity contribution is 0.588. The Hall–Kier alpha value is -1.14. The van der Waals surface area contributed by atoms with E-state index in [4.69, 9.17) is 0 Å². The van der Waals surface area contributed by atoms with Crippen molar-refractivity contribution in [1.82, 2.24) is 9.71 Å². The van der Waals surface area contributed by atoms with Crippen LogP contribution in [0.5, 0.6) is 0 Å². The Morgan fingerprint density at radius 1 is 1.40 bits per heavy atom. The topological polar surface area (TPSA) is 71.1 Å². The van der Waals surface area contributed by atoms with Crippen LogP contribution in [0.15, 0.2) is 18.2 Å². The van der Waals surface area contributed by atoms with Crippen molar-refractivity contribution in [2.45, 2.75) is 6.92 Å². The summed E-state index contributed by atoms with van der Waals surface area (Å²) in [6.07, 6.45) is 0. The fraction of sp³-hybridized carbons (Fsp3) is 0.444. The molecule has 0 bridgehead atoms. The Balaban J connectivity index is 2.45. The van der Waals surface area contributed by atoms with Gasteiger partial charge in [-0.05, 0) is 26.1 Å². The van der Waals surface area contributed by atoms with Crippen LogP contribution in [0.2, 0.25) is 0 Å². The molecule has 0 aliphatic heterocycles. The van der Waals surface area contributed by atoms with E-state index in [0.717, 1.165) is 5.69 Å². The summed E-state index contributed by atoms with van der Waals surface area (Å²) in [6.45, 7) is 2.23. The zero-order chi connectivity index (χ0) is 11.3. The van der Waals surface area contributed by atoms with Crippen LogP contribution in [0.3, 0.4) is 0 Å². The highest BCUT2D eigenvalue weighted by atomic mass is 32.2. The van der Waals surface area contributed by atoms with Gasteiger partial charge in [-0.25, -0.2) is 18.1 Å². The van der Waals surface area contributed by atoms with Crippen LogP contribution in [0.4, 0.5) is 5.82 Å². The van der Waals surface area contributed by atoms with Crippen molar-refractivity contribution < 1.29 is 8.42 Å². The molecule has 5 nitrogen and oxygen atoms in total. The summed E-state index contributed by atoms with van der Waals surface area (Å²) in [5.74, 6) is 0.736. The zero-order valence-electron chi connectivity index (χ0n) is 8.82. The van der Waals surface area contributed by atoms with Crippen LogP contribution in [0, 0.1) is 6.92 Å². The highest BCUT2D eigenvalue weighted by Crippen LogP contribution is 2.02. The fourth-order valence-electron chi connectivity index (χ4n) is 1.06. The maximum Gasteiger partial charge on any atom is 0.213 e. The van der Waals surface area contributed by atoms with Crippen molar-refractivity contribution in [2.24, 2.45) is 0 Å². The Morgan fingerprint density at radius 3 is 2.73 bits per heavy atom. The van der Waals surface area contributed by atoms with Crippen LogP contribution >= 0.6 is 0 Å². The van der Waals surface area contributed by atoms with Gasteiger partial charge in [0.25, 0.3) is 0 Å². The first-order valence-corrected chi connectivity index (χ1v) is 6.27. The molecule has 0 atom stereocenters. The summed E-state index contributed by atoms with van der Waals surface area (Å²) in [5, 5.41) is 2.95. The lowest BCUT2D eigenvalue weighted by Gasteiger charge is -2.06. The quantitative estimate of drug-likeness (QED) is 0.764. The van der Waals surface area contributed by atoms with E-state index in [1.165, 1.54) is 7.05 Å². The number of aromatic nitrogens is 1. The molecule has 15 heavy (non-hydrogen) atoms. The minimum absolute atomic E-state index is 0.0408. The van der Waals surface area contributed by atoms with E-state index in [0.29, 0.717) is 12.4 Å². The van der Waals surface area contributed by atoms with Crippen LogP contribution in [0.1, 0.15) is 5.69 Å². The molecule has 1 aromatic rings. The Morgan fingerprint density at radius 2 is 2.13 bits per heavy atom. The molecule has 0 aliphatic carbocycles. The van der Waals surface area contributed by atoms with E-state index in [-0.39, 0.29) is 5.75 Å². The lowest BCUT2D eigenvalue weighted by atomic mass is 10.4. The molecule has 0 amide bonds. The smallest absolute Gasteiger partial charge is 0.213 e. The second kappa shape index (κ2) is 5.09. The van der Waals surface area contributed by atoms with Gasteiger partial charge in [0.2, 0.25) is 10.0 Å². The highest BCUT2D eigenvalue weighted by molar-refractivity contribution is 7.89. The van der Waals surface area contributed by atoms with E-state index in [9.17, 15) is 8.42 Å². The average Bonchev–Trinajstić information content (AvgIpc) is 2.18. The minimum atomic E-state index is -3.14. The monoisotopic (exact) mass is 229 g/mol. The second-order valence-corrected chi connectivity index (χ2v) is 5.16. The van der Waals surface area contributed by atoms with E-state index >= 15 is 0 Å². The molecule has 6 heteroatoms. The first kappa shape index (κ1) is 11.9. The summed E-state index contributed by atoms with van der Waals surface area (Å²) in [4.78, 5) is 4.19. The molecule has 0 aliphatic rings. The number of nitrogens with one attached hydrogen (secondary N) is 2. The van der Waals surface area contributed by atoms with Gasteiger partial charge in [0, 0.05) is 12.2 Å². The number of anilines is 1. The third kappa shape index (κ3) is 4.26. The van der Waals surface area contributed by atoms with E-state index < -0.39 is 10.0 Å². The van der Waals surface area contributed by atoms with Gasteiger partial charge in [-0.2, -0.15) is 0 Å². The molecular weight excluding hydrogens is 214 g/mol. The molecule has 0 fully saturated rings. The second-order valence-electron chi connectivity index (χ2n) is 3.11. The summed E-state index contributed by atoms with van der Waals surface area (Å²) in [5.41, 5.74) is 0.900. The van der Waals surface area contributed by atoms with Crippen LogP contribution in [-0.4, -0.2) is 32.7 Å². The number of sulfonamides is 1. The molecule has 1 aromatic heterocycles. The van der Waals surface area contributed by atoms with Crippen molar-refractivity contribution in [3.8, 4) is 0 Å². The van der Waals surface area contributed by atoms with Gasteiger partial charge in [0.05, 0.1) is 5.75 Å². The molecule has 0 radical (unpaired) electrons. The van der Waals surface area contributed by atoms with Crippen LogP contribution in [0.25, 0.3) is 0 Å². The Labute approximate surface area is 90.0 Å². The number of rotatable bonds is 5. The van der Waals surface area contributed by atoms with Gasteiger partial charge in [-0.15, -0.1) is 0 Å². The number of aryl methyl sites for hydroxylation is 1. The molecule has 1 heterocycles. The predicted molar refractivity (Wildman–Crippen MR) is 60.3 cm³/mol. The average molecular weight is 229 g/mol. The normalized spacial score (nSPS) is 11.3. The highest BCUT2D eigenvalue weighted by Gasteiger charge is 2.05. The molecule has 1 rings (SSSR count). The SMILES string of the molecule is CNS(=O)(=O)CCNc1cccc(C)n1. The molecule has 0 saturated carbocycles. The molecule has 0 unspecified atom stereocenters. The summed E-state index contributed by atoms with van der Waals surface area (Å²) in [6, 6.07) is 5.56. The molecule has 2 N–H and O–H groups in total. The van der Waals surface area contributed by atoms with E-state index in [1.807, 2.05) is 19.1 Å². The van der Waals surface area contributed by atoms with Gasteiger partial charge in [0.1, 0.15) is 5.82 Å². The first-order chi connectivity index (χ1) is 7.03. The number of nitrogens with zero attached hydrogens (tertiary/aromatic N) is 1. The summed E-state index contributed by atoms with van der Waals surface area (Å²) >= 11 is 0. The van der Waals surface area contributed by atoms with E-state index in [1.54, 1.807) is 6.07 Å². The van der Waals surface area contributed by atoms with Crippen LogP contribution < -0.4 is 10.0 Å². The number of hydrogen-bond donors (Lipinski definition) is 2. The zero-order valence-corrected chi connectivity index (χ0v) is 9.63. The van der Waals surface area contributed by atoms with Gasteiger partial charge in [0.15, 0.2) is 0 Å². The summed E-state index contributed by atoms with van der Waals surface area (Å²) in [7, 11) is -1.74. The van der Waals surface area contributed by atoms with Crippen molar-refractivity contribution in [3.63, 3.8) is 0 Å². The number of pyridine rings is 1. The molecule has 84 valence electrons. The van der Waals surface area contributed by atoms with Crippen LogP contribution in [-0.2, 0) is 10.0 Å². The van der Waals surface area contributed by atoms with E-state index in [2.05, 4.69) is 15.0 Å². The number of hydrogen-bond acceptors (Lipinski definition) is 4. The maximum atomic E-state index is 11.1. The van der Waals surface area contributed by atoms with Crippen molar-refractivity contribution in [1.29, 1.82) is 0 Å². The van der Waals surface area contributed by atoms with Crippen molar-refractivity contribution in [2.75, 3.05) is 24.7 Å².